The molecule has 0 aliphatic heterocycles. The average Bonchev–Trinajstić information content (AvgIpc) is 2.43. The number of rotatable bonds is 3. The van der Waals surface area contributed by atoms with Crippen LogP contribution in [0.15, 0.2) is 41.0 Å². The Kier molecular flexibility index (Phi) is 4.40. The fraction of sp³-hybridized carbons (Fsp3) is 0.375. The largest absolute Gasteiger partial charge is 0.511 e. The zero-order valence-electron chi connectivity index (χ0n) is 12.9. The number of hydrogen-bond acceptors (Lipinski definition) is 5. The molecule has 1 aromatic heterocycles. The quantitative estimate of drug-likeness (QED) is 0.662. The van der Waals surface area contributed by atoms with Crippen LogP contribution in [0, 0.1) is 5.41 Å². The lowest BCUT2D eigenvalue weighted by Gasteiger charge is -2.29. The molecule has 2 N–H and O–H groups in total. The van der Waals surface area contributed by atoms with Crippen LogP contribution < -0.4 is 5.43 Å². The van der Waals surface area contributed by atoms with Gasteiger partial charge >= 0.3 is 0 Å². The molecule has 0 unspecified atom stereocenters. The second kappa shape index (κ2) is 6.09. The number of carbonyl (C=O) groups is 2. The van der Waals surface area contributed by atoms with Gasteiger partial charge in [-0.15, -0.1) is 0 Å². The van der Waals surface area contributed by atoms with Crippen LogP contribution in [-0.4, -0.2) is 27.5 Å². The number of hydrogen-bond donors (Lipinski definition) is 2. The van der Waals surface area contributed by atoms with Crippen LogP contribution in [0.25, 0.3) is 0 Å². The van der Waals surface area contributed by atoms with Crippen LogP contribution in [0.4, 0.5) is 0 Å². The first-order chi connectivity index (χ1) is 10.3. The molecule has 0 fully saturated rings. The van der Waals surface area contributed by atoms with Gasteiger partial charge in [0.2, 0.25) is 0 Å². The molecule has 0 radical (unpaired) electrons. The molecule has 0 saturated carbocycles. The number of aromatic nitrogens is 1. The maximum absolute atomic E-state index is 12.2. The van der Waals surface area contributed by atoms with Gasteiger partial charge in [-0.2, -0.15) is 5.10 Å². The lowest BCUT2D eigenvalue weighted by molar-refractivity contribution is -0.117. The van der Waals surface area contributed by atoms with Gasteiger partial charge in [-0.3, -0.25) is 14.6 Å². The van der Waals surface area contributed by atoms with Crippen LogP contribution in [0.1, 0.15) is 44.0 Å². The van der Waals surface area contributed by atoms with Gasteiger partial charge in [0.1, 0.15) is 5.76 Å². The summed E-state index contributed by atoms with van der Waals surface area (Å²) in [7, 11) is 0. The highest BCUT2D eigenvalue weighted by molar-refractivity contribution is 6.22. The van der Waals surface area contributed by atoms with E-state index in [1.165, 1.54) is 12.4 Å². The Labute approximate surface area is 129 Å². The fourth-order valence-corrected chi connectivity index (χ4v) is 2.46. The minimum absolute atomic E-state index is 0.0284. The molecule has 0 saturated heterocycles. The van der Waals surface area contributed by atoms with E-state index in [0.29, 0.717) is 24.1 Å². The smallest absolute Gasteiger partial charge is 0.271 e. The highest BCUT2D eigenvalue weighted by Crippen LogP contribution is 2.35. The lowest BCUT2D eigenvalue weighted by atomic mass is 9.76. The van der Waals surface area contributed by atoms with E-state index in [9.17, 15) is 14.7 Å². The number of amides is 1. The predicted octanol–water partition coefficient (Wildman–Crippen LogP) is 2.39. The van der Waals surface area contributed by atoms with Crippen molar-refractivity contribution in [1.29, 1.82) is 0 Å². The normalized spacial score (nSPS) is 18.3. The van der Waals surface area contributed by atoms with Crippen molar-refractivity contribution in [2.45, 2.75) is 33.6 Å². The summed E-state index contributed by atoms with van der Waals surface area (Å²) in [6.45, 7) is 5.44. The molecule has 1 aromatic rings. The van der Waals surface area contributed by atoms with E-state index in [0.717, 1.165) is 0 Å². The summed E-state index contributed by atoms with van der Waals surface area (Å²) in [5, 5.41) is 14.0. The van der Waals surface area contributed by atoms with Crippen molar-refractivity contribution in [2.75, 3.05) is 0 Å². The number of Topliss-reactive ketones (excluding diaryl/α,β-unsaturated/α-hetero) is 1. The van der Waals surface area contributed by atoms with Gasteiger partial charge in [-0.05, 0) is 24.5 Å². The van der Waals surface area contributed by atoms with Gasteiger partial charge in [-0.25, -0.2) is 5.43 Å². The van der Waals surface area contributed by atoms with E-state index in [4.69, 9.17) is 0 Å². The van der Waals surface area contributed by atoms with E-state index in [-0.39, 0.29) is 22.5 Å². The first kappa shape index (κ1) is 15.9. The number of hydrazone groups is 1. The minimum Gasteiger partial charge on any atom is -0.511 e. The highest BCUT2D eigenvalue weighted by atomic mass is 16.3. The molecule has 0 atom stereocenters. The summed E-state index contributed by atoms with van der Waals surface area (Å²) in [6.07, 6.45) is 3.77. The molecule has 1 aliphatic rings. The second-order valence-electron chi connectivity index (χ2n) is 6.14. The number of aliphatic hydroxyl groups is 1. The van der Waals surface area contributed by atoms with Gasteiger partial charge in [0.05, 0.1) is 11.3 Å². The Morgan fingerprint density at radius 3 is 2.55 bits per heavy atom. The maximum Gasteiger partial charge on any atom is 0.271 e. The standard InChI is InChI=1S/C16H19N3O3/c1-10(14-12(20)8-16(2,3)9-13(14)21)18-19-15(22)11-4-6-17-7-5-11/h4-7,20H,8-9H2,1-3H3,(H,19,22)/b18-10+. The van der Waals surface area contributed by atoms with Crippen molar-refractivity contribution in [3.05, 3.63) is 41.4 Å². The molecule has 0 bridgehead atoms. The first-order valence-corrected chi connectivity index (χ1v) is 7.00. The molecule has 6 nitrogen and oxygen atoms in total. The minimum atomic E-state index is -0.398. The van der Waals surface area contributed by atoms with Crippen LogP contribution in [0.2, 0.25) is 0 Å². The van der Waals surface area contributed by atoms with Crippen molar-refractivity contribution >= 4 is 17.4 Å². The summed E-state index contributed by atoms with van der Waals surface area (Å²) in [6, 6.07) is 3.12. The third-order valence-corrected chi connectivity index (χ3v) is 3.48. The van der Waals surface area contributed by atoms with Crippen molar-refractivity contribution in [3.63, 3.8) is 0 Å². The number of nitrogens with one attached hydrogen (secondary N) is 1. The molecule has 2 rings (SSSR count). The highest BCUT2D eigenvalue weighted by Gasteiger charge is 2.34. The van der Waals surface area contributed by atoms with Gasteiger partial charge in [0, 0.05) is 30.8 Å². The molecule has 1 heterocycles. The number of carbonyl (C=O) groups excluding carboxylic acids is 2. The molecule has 0 aromatic carbocycles. The fourth-order valence-electron chi connectivity index (χ4n) is 2.46. The Bertz CT molecular complexity index is 660. The van der Waals surface area contributed by atoms with Crippen molar-refractivity contribution in [1.82, 2.24) is 10.4 Å². The summed E-state index contributed by atoms with van der Waals surface area (Å²) in [5.41, 5.74) is 3.05. The van der Waals surface area contributed by atoms with Crippen molar-refractivity contribution in [2.24, 2.45) is 10.5 Å². The Morgan fingerprint density at radius 1 is 1.32 bits per heavy atom. The number of nitrogens with zero attached hydrogens (tertiary/aromatic N) is 2. The molecule has 116 valence electrons. The Balaban J connectivity index is 2.16. The molecule has 0 spiro atoms. The topological polar surface area (TPSA) is 91.7 Å². The first-order valence-electron chi connectivity index (χ1n) is 7.00. The molecular formula is C16H19N3O3. The van der Waals surface area contributed by atoms with E-state index in [1.54, 1.807) is 19.1 Å². The molecule has 22 heavy (non-hydrogen) atoms. The SMILES string of the molecule is C/C(=N\NC(=O)c1ccncc1)C1=C(O)CC(C)(C)CC1=O. The van der Waals surface area contributed by atoms with Crippen molar-refractivity contribution < 1.29 is 14.7 Å². The molecular weight excluding hydrogens is 282 g/mol. The van der Waals surface area contributed by atoms with Crippen molar-refractivity contribution in [3.8, 4) is 0 Å². The zero-order valence-corrected chi connectivity index (χ0v) is 12.9. The third kappa shape index (κ3) is 3.58. The Morgan fingerprint density at radius 2 is 1.95 bits per heavy atom. The van der Waals surface area contributed by atoms with Gasteiger partial charge in [0.15, 0.2) is 5.78 Å². The summed E-state index contributed by atoms with van der Waals surface area (Å²) in [4.78, 5) is 27.9. The average molecular weight is 301 g/mol. The summed E-state index contributed by atoms with van der Waals surface area (Å²) in [5.74, 6) is -0.528. The van der Waals surface area contributed by atoms with Gasteiger partial charge in [-0.1, -0.05) is 13.8 Å². The van der Waals surface area contributed by atoms with Crippen LogP contribution in [0.5, 0.6) is 0 Å². The lowest BCUT2D eigenvalue weighted by Crippen LogP contribution is -2.29. The Hall–Kier alpha value is -2.50. The predicted molar refractivity (Wildman–Crippen MR) is 82.5 cm³/mol. The maximum atomic E-state index is 12.2. The second-order valence-corrected chi connectivity index (χ2v) is 6.14. The van der Waals surface area contributed by atoms with Gasteiger partial charge in [0.25, 0.3) is 5.91 Å². The summed E-state index contributed by atoms with van der Waals surface area (Å²) < 4.78 is 0. The third-order valence-electron chi connectivity index (χ3n) is 3.48. The zero-order chi connectivity index (χ0) is 16.3. The number of aliphatic hydroxyl groups excluding tert-OH is 1. The number of pyridine rings is 1. The summed E-state index contributed by atoms with van der Waals surface area (Å²) >= 11 is 0. The molecule has 6 heteroatoms. The van der Waals surface area contributed by atoms with Crippen LogP contribution >= 0.6 is 0 Å². The monoisotopic (exact) mass is 301 g/mol. The molecule has 1 amide bonds. The van der Waals surface area contributed by atoms with E-state index >= 15 is 0 Å². The van der Waals surface area contributed by atoms with Gasteiger partial charge < -0.3 is 5.11 Å². The molecule has 1 aliphatic carbocycles. The number of allylic oxidation sites excluding steroid dienone is 2. The van der Waals surface area contributed by atoms with E-state index in [2.05, 4.69) is 15.5 Å². The number of ketones is 1. The van der Waals surface area contributed by atoms with Crippen LogP contribution in [-0.2, 0) is 4.79 Å². The van der Waals surface area contributed by atoms with E-state index < -0.39 is 5.91 Å². The van der Waals surface area contributed by atoms with Crippen LogP contribution in [0.3, 0.4) is 0 Å². The van der Waals surface area contributed by atoms with E-state index in [1.807, 2.05) is 13.8 Å².